The maximum atomic E-state index is 12.1. The largest absolute Gasteiger partial charge is 0.381 e. The van der Waals surface area contributed by atoms with Crippen molar-refractivity contribution in [2.45, 2.75) is 32.3 Å². The summed E-state index contributed by atoms with van der Waals surface area (Å²) < 4.78 is 5.58. The smallest absolute Gasteiger partial charge is 0.229 e. The standard InChI is InChI=1S/C19H23N3O2/c1-14-4-6-15(7-5-14)11-19(23)22-18-9-8-16(12-21-18)20-13-17-3-2-10-24-17/h4-9,12,17,20H,2-3,10-11,13H2,1H3,(H,21,22,23). The molecule has 1 aromatic carbocycles. The van der Waals surface area contributed by atoms with Crippen LogP contribution in [0.1, 0.15) is 24.0 Å². The maximum absolute atomic E-state index is 12.1. The maximum Gasteiger partial charge on any atom is 0.229 e. The second-order valence-corrected chi connectivity index (χ2v) is 6.16. The van der Waals surface area contributed by atoms with E-state index in [0.717, 1.165) is 37.2 Å². The molecule has 126 valence electrons. The fraction of sp³-hybridized carbons (Fsp3) is 0.368. The molecule has 2 N–H and O–H groups in total. The number of aromatic nitrogens is 1. The number of anilines is 2. The number of nitrogens with zero attached hydrogens (tertiary/aromatic N) is 1. The van der Waals surface area contributed by atoms with Crippen LogP contribution in [0.25, 0.3) is 0 Å². The van der Waals surface area contributed by atoms with Crippen molar-refractivity contribution in [2.75, 3.05) is 23.8 Å². The van der Waals surface area contributed by atoms with Crippen molar-refractivity contribution in [1.82, 2.24) is 4.98 Å². The van der Waals surface area contributed by atoms with Crippen LogP contribution in [-0.4, -0.2) is 30.1 Å². The number of rotatable bonds is 6. The number of hydrogen-bond donors (Lipinski definition) is 2. The van der Waals surface area contributed by atoms with E-state index in [1.54, 1.807) is 6.20 Å². The number of hydrogen-bond acceptors (Lipinski definition) is 4. The molecule has 1 unspecified atom stereocenters. The van der Waals surface area contributed by atoms with Crippen LogP contribution in [0.3, 0.4) is 0 Å². The van der Waals surface area contributed by atoms with Gasteiger partial charge in [0.05, 0.1) is 24.4 Å². The van der Waals surface area contributed by atoms with Gasteiger partial charge in [-0.15, -0.1) is 0 Å². The summed E-state index contributed by atoms with van der Waals surface area (Å²) in [4.78, 5) is 16.4. The van der Waals surface area contributed by atoms with Crippen molar-refractivity contribution >= 4 is 17.4 Å². The molecule has 1 atom stereocenters. The number of benzene rings is 1. The van der Waals surface area contributed by atoms with Crippen LogP contribution in [0.4, 0.5) is 11.5 Å². The first-order chi connectivity index (χ1) is 11.7. The normalized spacial score (nSPS) is 16.8. The summed E-state index contributed by atoms with van der Waals surface area (Å²) in [5, 5.41) is 6.14. The lowest BCUT2D eigenvalue weighted by molar-refractivity contribution is -0.115. The van der Waals surface area contributed by atoms with Gasteiger partial charge in [0, 0.05) is 13.2 Å². The Morgan fingerprint density at radius 2 is 2.08 bits per heavy atom. The summed E-state index contributed by atoms with van der Waals surface area (Å²) in [5.41, 5.74) is 3.11. The predicted octanol–water partition coefficient (Wildman–Crippen LogP) is 3.16. The molecule has 5 nitrogen and oxygen atoms in total. The van der Waals surface area contributed by atoms with Gasteiger partial charge in [-0.3, -0.25) is 4.79 Å². The zero-order valence-corrected chi connectivity index (χ0v) is 13.9. The van der Waals surface area contributed by atoms with Gasteiger partial charge < -0.3 is 15.4 Å². The Labute approximate surface area is 142 Å². The average molecular weight is 325 g/mol. The minimum atomic E-state index is -0.0635. The molecular weight excluding hydrogens is 302 g/mol. The molecule has 24 heavy (non-hydrogen) atoms. The number of aryl methyl sites for hydroxylation is 1. The summed E-state index contributed by atoms with van der Waals surface area (Å²) in [5.74, 6) is 0.501. The molecule has 1 amide bonds. The molecule has 2 aromatic rings. The van der Waals surface area contributed by atoms with Crippen LogP contribution >= 0.6 is 0 Å². The Morgan fingerprint density at radius 3 is 2.75 bits per heavy atom. The van der Waals surface area contributed by atoms with Gasteiger partial charge in [-0.2, -0.15) is 0 Å². The van der Waals surface area contributed by atoms with E-state index in [0.29, 0.717) is 18.3 Å². The van der Waals surface area contributed by atoms with E-state index in [4.69, 9.17) is 4.74 Å². The van der Waals surface area contributed by atoms with E-state index in [1.165, 1.54) is 5.56 Å². The van der Waals surface area contributed by atoms with Crippen LogP contribution in [0, 0.1) is 6.92 Å². The van der Waals surface area contributed by atoms with Gasteiger partial charge in [0.15, 0.2) is 0 Å². The van der Waals surface area contributed by atoms with Crippen molar-refractivity contribution in [3.05, 3.63) is 53.7 Å². The molecule has 0 radical (unpaired) electrons. The molecule has 1 aliphatic heterocycles. The van der Waals surface area contributed by atoms with Gasteiger partial charge >= 0.3 is 0 Å². The number of nitrogens with one attached hydrogen (secondary N) is 2. The Morgan fingerprint density at radius 1 is 1.25 bits per heavy atom. The topological polar surface area (TPSA) is 63.2 Å². The molecule has 0 saturated carbocycles. The van der Waals surface area contributed by atoms with E-state index in [9.17, 15) is 4.79 Å². The molecule has 0 aliphatic carbocycles. The number of amides is 1. The molecule has 1 aliphatic rings. The van der Waals surface area contributed by atoms with Crippen LogP contribution in [0.5, 0.6) is 0 Å². The third-order valence-electron chi connectivity index (χ3n) is 4.07. The van der Waals surface area contributed by atoms with Gasteiger partial charge in [0.1, 0.15) is 5.82 Å². The fourth-order valence-electron chi connectivity index (χ4n) is 2.69. The summed E-state index contributed by atoms with van der Waals surface area (Å²) in [6.07, 6.45) is 4.61. The highest BCUT2D eigenvalue weighted by molar-refractivity contribution is 5.91. The quantitative estimate of drug-likeness (QED) is 0.856. The molecule has 5 heteroatoms. The lowest BCUT2D eigenvalue weighted by Gasteiger charge is -2.12. The van der Waals surface area contributed by atoms with Crippen molar-refractivity contribution in [2.24, 2.45) is 0 Å². The van der Waals surface area contributed by atoms with Gasteiger partial charge in [0.2, 0.25) is 5.91 Å². The summed E-state index contributed by atoms with van der Waals surface area (Å²) >= 11 is 0. The molecule has 0 bridgehead atoms. The molecule has 2 heterocycles. The van der Waals surface area contributed by atoms with Crippen LogP contribution < -0.4 is 10.6 Å². The number of pyridine rings is 1. The number of carbonyl (C=O) groups is 1. The third kappa shape index (κ3) is 4.80. The first kappa shape index (κ1) is 16.5. The molecule has 1 aromatic heterocycles. The zero-order chi connectivity index (χ0) is 16.8. The first-order valence-corrected chi connectivity index (χ1v) is 8.36. The number of carbonyl (C=O) groups excluding carboxylic acids is 1. The zero-order valence-electron chi connectivity index (χ0n) is 13.9. The minimum Gasteiger partial charge on any atom is -0.381 e. The molecule has 3 rings (SSSR count). The summed E-state index contributed by atoms with van der Waals surface area (Å²) in [6, 6.07) is 11.7. The molecule has 0 spiro atoms. The van der Waals surface area contributed by atoms with Gasteiger partial charge in [-0.1, -0.05) is 29.8 Å². The van der Waals surface area contributed by atoms with Crippen LogP contribution in [-0.2, 0) is 16.0 Å². The van der Waals surface area contributed by atoms with E-state index < -0.39 is 0 Å². The van der Waals surface area contributed by atoms with E-state index >= 15 is 0 Å². The predicted molar refractivity (Wildman–Crippen MR) is 95.2 cm³/mol. The minimum absolute atomic E-state index is 0.0635. The molecule has 1 fully saturated rings. The second-order valence-electron chi connectivity index (χ2n) is 6.16. The lowest BCUT2D eigenvalue weighted by Crippen LogP contribution is -2.18. The average Bonchev–Trinajstić information content (AvgIpc) is 3.10. The Bertz CT molecular complexity index is 662. The fourth-order valence-corrected chi connectivity index (χ4v) is 2.69. The van der Waals surface area contributed by atoms with E-state index in [-0.39, 0.29) is 5.91 Å². The van der Waals surface area contributed by atoms with Crippen LogP contribution in [0.2, 0.25) is 0 Å². The molecular formula is C19H23N3O2. The van der Waals surface area contributed by atoms with Crippen molar-refractivity contribution < 1.29 is 9.53 Å². The summed E-state index contributed by atoms with van der Waals surface area (Å²) in [7, 11) is 0. The molecule has 1 saturated heterocycles. The van der Waals surface area contributed by atoms with Crippen molar-refractivity contribution in [3.8, 4) is 0 Å². The van der Waals surface area contributed by atoms with E-state index in [2.05, 4.69) is 15.6 Å². The monoisotopic (exact) mass is 325 g/mol. The summed E-state index contributed by atoms with van der Waals surface area (Å²) in [6.45, 7) is 3.68. The SMILES string of the molecule is Cc1ccc(CC(=O)Nc2ccc(NCC3CCCO3)cn2)cc1. The Balaban J connectivity index is 1.47. The number of ether oxygens (including phenoxy) is 1. The highest BCUT2D eigenvalue weighted by Gasteiger charge is 2.14. The van der Waals surface area contributed by atoms with Crippen LogP contribution in [0.15, 0.2) is 42.6 Å². The first-order valence-electron chi connectivity index (χ1n) is 8.36. The second kappa shape index (κ2) is 7.93. The van der Waals surface area contributed by atoms with Crippen molar-refractivity contribution in [3.63, 3.8) is 0 Å². The third-order valence-corrected chi connectivity index (χ3v) is 4.07. The van der Waals surface area contributed by atoms with Gasteiger partial charge in [-0.05, 0) is 37.5 Å². The van der Waals surface area contributed by atoms with Crippen molar-refractivity contribution in [1.29, 1.82) is 0 Å². The van der Waals surface area contributed by atoms with Gasteiger partial charge in [0.25, 0.3) is 0 Å². The highest BCUT2D eigenvalue weighted by Crippen LogP contribution is 2.15. The highest BCUT2D eigenvalue weighted by atomic mass is 16.5. The van der Waals surface area contributed by atoms with E-state index in [1.807, 2.05) is 43.3 Å². The Hall–Kier alpha value is -2.40. The lowest BCUT2D eigenvalue weighted by atomic mass is 10.1. The van der Waals surface area contributed by atoms with Gasteiger partial charge in [-0.25, -0.2) is 4.98 Å². The Kier molecular flexibility index (Phi) is 5.43.